The Hall–Kier alpha value is -2.77. The summed E-state index contributed by atoms with van der Waals surface area (Å²) in [6, 6.07) is 13.4. The van der Waals surface area contributed by atoms with E-state index in [9.17, 15) is 4.79 Å². The number of amides is 1. The standard InChI is InChI=1S/C20H21N5OS/c21-18-17(16-6-1-2-9-23-16)24-20(27-18)25-19(26)15-5-3-4-14(12-15)13-7-10-22-11-8-13/h1-6,9,12-13,22H,7-8,10-11,21H2,(H,24,25,26). The van der Waals surface area contributed by atoms with Gasteiger partial charge in [-0.3, -0.25) is 15.1 Å². The molecule has 6 nitrogen and oxygen atoms in total. The minimum absolute atomic E-state index is 0.174. The summed E-state index contributed by atoms with van der Waals surface area (Å²) in [6.07, 6.45) is 3.89. The highest BCUT2D eigenvalue weighted by molar-refractivity contribution is 7.20. The highest BCUT2D eigenvalue weighted by Gasteiger charge is 2.18. The zero-order valence-corrected chi connectivity index (χ0v) is 15.6. The Labute approximate surface area is 161 Å². The van der Waals surface area contributed by atoms with E-state index >= 15 is 0 Å². The van der Waals surface area contributed by atoms with Crippen molar-refractivity contribution in [3.8, 4) is 11.4 Å². The number of anilines is 2. The predicted octanol–water partition coefficient (Wildman–Crippen LogP) is 3.51. The number of nitrogen functional groups attached to an aromatic ring is 1. The molecule has 1 aliphatic rings. The number of nitrogens with one attached hydrogen (secondary N) is 2. The van der Waals surface area contributed by atoms with Gasteiger partial charge < -0.3 is 11.1 Å². The van der Waals surface area contributed by atoms with Crippen LogP contribution >= 0.6 is 11.3 Å². The maximum Gasteiger partial charge on any atom is 0.257 e. The number of carbonyl (C=O) groups excluding carboxylic acids is 1. The summed E-state index contributed by atoms with van der Waals surface area (Å²) in [4.78, 5) is 21.4. The molecule has 138 valence electrons. The van der Waals surface area contributed by atoms with Crippen LogP contribution in [0.2, 0.25) is 0 Å². The minimum Gasteiger partial charge on any atom is -0.389 e. The van der Waals surface area contributed by atoms with E-state index in [0.29, 0.717) is 33.0 Å². The van der Waals surface area contributed by atoms with E-state index < -0.39 is 0 Å². The summed E-state index contributed by atoms with van der Waals surface area (Å²) >= 11 is 1.25. The number of thiazole rings is 1. The quantitative estimate of drug-likeness (QED) is 0.645. The second-order valence-corrected chi connectivity index (χ2v) is 7.58. The lowest BCUT2D eigenvalue weighted by Crippen LogP contribution is -2.26. The van der Waals surface area contributed by atoms with Crippen LogP contribution in [-0.2, 0) is 0 Å². The van der Waals surface area contributed by atoms with Crippen LogP contribution in [0.5, 0.6) is 0 Å². The second kappa shape index (κ2) is 7.85. The fourth-order valence-corrected chi connectivity index (χ4v) is 4.07. The zero-order valence-electron chi connectivity index (χ0n) is 14.8. The van der Waals surface area contributed by atoms with E-state index in [-0.39, 0.29) is 5.91 Å². The van der Waals surface area contributed by atoms with E-state index in [2.05, 4.69) is 26.7 Å². The number of benzene rings is 1. The van der Waals surface area contributed by atoms with Crippen molar-refractivity contribution in [1.29, 1.82) is 0 Å². The van der Waals surface area contributed by atoms with Crippen LogP contribution in [0.25, 0.3) is 11.4 Å². The minimum atomic E-state index is -0.174. The molecule has 2 aromatic heterocycles. The molecule has 1 saturated heterocycles. The first-order valence-electron chi connectivity index (χ1n) is 9.00. The maximum atomic E-state index is 12.7. The normalized spacial score (nSPS) is 14.8. The van der Waals surface area contributed by atoms with Gasteiger partial charge >= 0.3 is 0 Å². The number of hydrogen-bond donors (Lipinski definition) is 3. The molecule has 0 spiro atoms. The Morgan fingerprint density at radius 2 is 2.04 bits per heavy atom. The Bertz CT molecular complexity index is 935. The number of rotatable bonds is 4. The molecule has 0 saturated carbocycles. The van der Waals surface area contributed by atoms with Crippen LogP contribution in [0.3, 0.4) is 0 Å². The maximum absolute atomic E-state index is 12.7. The van der Waals surface area contributed by atoms with Crippen molar-refractivity contribution < 1.29 is 4.79 Å². The Kier molecular flexibility index (Phi) is 5.13. The van der Waals surface area contributed by atoms with Gasteiger partial charge in [0.05, 0.1) is 5.69 Å². The predicted molar refractivity (Wildman–Crippen MR) is 109 cm³/mol. The summed E-state index contributed by atoms with van der Waals surface area (Å²) in [5.74, 6) is 0.331. The van der Waals surface area contributed by atoms with E-state index in [1.165, 1.54) is 16.9 Å². The molecule has 7 heteroatoms. The number of carbonyl (C=O) groups is 1. The van der Waals surface area contributed by atoms with Gasteiger partial charge in [-0.2, -0.15) is 0 Å². The number of piperidine rings is 1. The first-order valence-corrected chi connectivity index (χ1v) is 9.82. The lowest BCUT2D eigenvalue weighted by atomic mass is 9.89. The molecular formula is C20H21N5OS. The number of nitrogens with zero attached hydrogens (tertiary/aromatic N) is 2. The number of nitrogens with two attached hydrogens (primary N) is 1. The fraction of sp³-hybridized carbons (Fsp3) is 0.250. The van der Waals surface area contributed by atoms with Gasteiger partial charge in [0.1, 0.15) is 10.7 Å². The molecule has 3 heterocycles. The number of pyridine rings is 1. The smallest absolute Gasteiger partial charge is 0.257 e. The zero-order chi connectivity index (χ0) is 18.6. The van der Waals surface area contributed by atoms with Gasteiger partial charge in [0.25, 0.3) is 5.91 Å². The van der Waals surface area contributed by atoms with Gasteiger partial charge in [-0.15, -0.1) is 0 Å². The van der Waals surface area contributed by atoms with Crippen molar-refractivity contribution in [2.45, 2.75) is 18.8 Å². The van der Waals surface area contributed by atoms with Crippen LogP contribution in [-0.4, -0.2) is 29.0 Å². The highest BCUT2D eigenvalue weighted by Crippen LogP contribution is 2.32. The van der Waals surface area contributed by atoms with Crippen molar-refractivity contribution in [2.75, 3.05) is 24.1 Å². The van der Waals surface area contributed by atoms with Crippen LogP contribution in [0.15, 0.2) is 48.7 Å². The molecule has 4 rings (SSSR count). The molecule has 3 aromatic rings. The highest BCUT2D eigenvalue weighted by atomic mass is 32.1. The van der Waals surface area contributed by atoms with Gasteiger partial charge in [-0.1, -0.05) is 29.5 Å². The molecule has 0 bridgehead atoms. The van der Waals surface area contributed by atoms with Crippen LogP contribution in [0, 0.1) is 0 Å². The van der Waals surface area contributed by atoms with Crippen molar-refractivity contribution in [3.63, 3.8) is 0 Å². The van der Waals surface area contributed by atoms with Gasteiger partial charge in [0, 0.05) is 11.8 Å². The van der Waals surface area contributed by atoms with Crippen molar-refractivity contribution in [2.24, 2.45) is 0 Å². The number of aromatic nitrogens is 2. The first kappa shape index (κ1) is 17.6. The first-order chi connectivity index (χ1) is 13.2. The molecule has 1 amide bonds. The number of hydrogen-bond acceptors (Lipinski definition) is 6. The third-order valence-electron chi connectivity index (χ3n) is 4.74. The summed E-state index contributed by atoms with van der Waals surface area (Å²) in [5, 5.41) is 7.25. The average molecular weight is 379 g/mol. The molecule has 1 aromatic carbocycles. The molecule has 0 radical (unpaired) electrons. The van der Waals surface area contributed by atoms with Crippen LogP contribution in [0.4, 0.5) is 10.1 Å². The van der Waals surface area contributed by atoms with Gasteiger partial charge in [0.2, 0.25) is 0 Å². The fourth-order valence-electron chi connectivity index (χ4n) is 3.33. The van der Waals surface area contributed by atoms with Crippen molar-refractivity contribution in [3.05, 3.63) is 59.8 Å². The topological polar surface area (TPSA) is 92.9 Å². The summed E-state index contributed by atoms with van der Waals surface area (Å²) < 4.78 is 0. The molecular weight excluding hydrogens is 358 g/mol. The lowest BCUT2D eigenvalue weighted by Gasteiger charge is -2.23. The molecule has 0 unspecified atom stereocenters. The van der Waals surface area contributed by atoms with Crippen molar-refractivity contribution >= 4 is 27.4 Å². The van der Waals surface area contributed by atoms with Gasteiger partial charge in [-0.05, 0) is 61.7 Å². The Balaban J connectivity index is 1.51. The second-order valence-electron chi connectivity index (χ2n) is 6.55. The molecule has 1 fully saturated rings. The summed E-state index contributed by atoms with van der Waals surface area (Å²) in [7, 11) is 0. The van der Waals surface area contributed by atoms with E-state index in [4.69, 9.17) is 5.73 Å². The molecule has 27 heavy (non-hydrogen) atoms. The summed E-state index contributed by atoms with van der Waals surface area (Å²) in [6.45, 7) is 2.05. The van der Waals surface area contributed by atoms with E-state index in [0.717, 1.165) is 25.9 Å². The van der Waals surface area contributed by atoms with E-state index in [1.54, 1.807) is 6.20 Å². The summed E-state index contributed by atoms with van der Waals surface area (Å²) in [5.41, 5.74) is 9.22. The third kappa shape index (κ3) is 3.99. The molecule has 1 aliphatic heterocycles. The van der Waals surface area contributed by atoms with Crippen LogP contribution in [0.1, 0.15) is 34.7 Å². The third-order valence-corrected chi connectivity index (χ3v) is 5.54. The van der Waals surface area contributed by atoms with Crippen molar-refractivity contribution in [1.82, 2.24) is 15.3 Å². The molecule has 0 atom stereocenters. The lowest BCUT2D eigenvalue weighted by molar-refractivity contribution is 0.102. The van der Waals surface area contributed by atoms with Crippen LogP contribution < -0.4 is 16.4 Å². The van der Waals surface area contributed by atoms with Gasteiger partial charge in [-0.25, -0.2) is 4.98 Å². The average Bonchev–Trinajstić information content (AvgIpc) is 3.09. The Morgan fingerprint density at radius 3 is 2.81 bits per heavy atom. The Morgan fingerprint density at radius 1 is 1.19 bits per heavy atom. The molecule has 0 aliphatic carbocycles. The monoisotopic (exact) mass is 379 g/mol. The van der Waals surface area contributed by atoms with Gasteiger partial charge in [0.15, 0.2) is 5.13 Å². The van der Waals surface area contributed by atoms with E-state index in [1.807, 2.05) is 36.4 Å². The largest absolute Gasteiger partial charge is 0.389 e. The molecule has 4 N–H and O–H groups in total. The SMILES string of the molecule is Nc1sc(NC(=O)c2cccc(C3CCNCC3)c2)nc1-c1ccccn1.